The highest BCUT2D eigenvalue weighted by molar-refractivity contribution is 7.47. The molecule has 0 aromatic carbocycles. The van der Waals surface area contributed by atoms with Crippen LogP contribution in [0.1, 0.15) is 297 Å². The first kappa shape index (κ1) is 77.2. The zero-order valence-electron chi connectivity index (χ0n) is 53.1. The number of phosphoric ester groups is 1. The van der Waals surface area contributed by atoms with Gasteiger partial charge in [0.25, 0.3) is 0 Å². The van der Waals surface area contributed by atoms with Crippen LogP contribution < -0.4 is 5.32 Å². The first-order chi connectivity index (χ1) is 38.9. The van der Waals surface area contributed by atoms with Crippen molar-refractivity contribution in [3.63, 3.8) is 0 Å². The molecule has 10 heteroatoms. The number of carbonyl (C=O) groups is 2. The number of allylic oxidation sites excluding steroid dienone is 13. The number of ether oxygens (including phenoxy) is 1. The SMILES string of the molecule is CC/C=C/C/C=C/C/C=C/CCCCCCCCC(=O)NC(COP(=O)(O)OCC[N+](C)(C)C)C(/C=C\CCCCCCCCCCCCC)OC(=O)CCCCCCCCCCCCCC/C=C\C/C=C\C/C=C\CCCCC. The van der Waals surface area contributed by atoms with Crippen LogP contribution in [0.25, 0.3) is 0 Å². The molecule has 0 aliphatic carbocycles. The minimum atomic E-state index is -4.46. The largest absolute Gasteiger partial charge is 0.472 e. The Hall–Kier alpha value is -2.81. The van der Waals surface area contributed by atoms with Gasteiger partial charge < -0.3 is 19.4 Å². The maximum absolute atomic E-state index is 13.6. The van der Waals surface area contributed by atoms with Crippen LogP contribution >= 0.6 is 7.82 Å². The maximum Gasteiger partial charge on any atom is 0.472 e. The van der Waals surface area contributed by atoms with Crippen molar-refractivity contribution in [2.45, 2.75) is 309 Å². The Kier molecular flexibility index (Phi) is 57.3. The molecule has 0 aliphatic heterocycles. The van der Waals surface area contributed by atoms with Gasteiger partial charge in [0.05, 0.1) is 33.8 Å². The molecule has 9 nitrogen and oxygen atoms in total. The number of nitrogens with one attached hydrogen (secondary N) is 1. The van der Waals surface area contributed by atoms with Crippen LogP contribution in [0.5, 0.6) is 0 Å². The lowest BCUT2D eigenvalue weighted by Crippen LogP contribution is -2.47. The fourth-order valence-electron chi connectivity index (χ4n) is 9.43. The minimum Gasteiger partial charge on any atom is -0.456 e. The Morgan fingerprint density at radius 1 is 0.450 bits per heavy atom. The first-order valence-electron chi connectivity index (χ1n) is 33.4. The number of quaternary nitrogens is 1. The highest BCUT2D eigenvalue weighted by Gasteiger charge is 2.30. The van der Waals surface area contributed by atoms with Crippen molar-refractivity contribution in [3.05, 3.63) is 85.1 Å². The van der Waals surface area contributed by atoms with Crippen LogP contribution in [0.3, 0.4) is 0 Å². The molecule has 80 heavy (non-hydrogen) atoms. The van der Waals surface area contributed by atoms with E-state index in [1.807, 2.05) is 33.3 Å². The lowest BCUT2D eigenvalue weighted by molar-refractivity contribution is -0.870. The number of rotatable bonds is 60. The molecule has 0 heterocycles. The number of esters is 1. The number of amides is 1. The summed E-state index contributed by atoms with van der Waals surface area (Å²) in [7, 11) is 1.48. The van der Waals surface area contributed by atoms with Crippen LogP contribution in [0, 0.1) is 0 Å². The van der Waals surface area contributed by atoms with Gasteiger partial charge in [-0.05, 0) is 102 Å². The van der Waals surface area contributed by atoms with Gasteiger partial charge in [0, 0.05) is 12.8 Å². The van der Waals surface area contributed by atoms with E-state index in [1.165, 1.54) is 161 Å². The second-order valence-electron chi connectivity index (χ2n) is 23.6. The molecule has 0 bridgehead atoms. The molecule has 0 aromatic heterocycles. The summed E-state index contributed by atoms with van der Waals surface area (Å²) in [6.07, 6.45) is 78.7. The Balaban J connectivity index is 5.15. The summed E-state index contributed by atoms with van der Waals surface area (Å²) in [5, 5.41) is 3.06. The standard InChI is InChI=1S/C70H127N2O7P/c1-7-10-13-16-19-22-25-28-30-32-33-34-35-36-37-38-39-40-42-45-48-51-54-57-60-63-70(74)79-68(61-58-55-52-49-46-43-27-24-21-18-15-12-9-3)67(66-78-80(75,76)77-65-64-72(4,5)6)71-69(73)62-59-56-53-50-47-44-41-31-29-26-23-20-17-14-11-8-2/h11,14,19-20,22-23,28-31,33-34,58,61,67-68H,7-10,12-13,15-18,21,24-27,32,35-57,59-60,62-66H2,1-6H3,(H-,71,73,75,76)/p+1/b14-11+,22-19-,23-20+,30-28-,31-29+,34-33-,61-58-. The number of unbranched alkanes of at least 4 members (excludes halogenated alkanes) is 32. The van der Waals surface area contributed by atoms with Crippen molar-refractivity contribution in [2.75, 3.05) is 40.9 Å². The van der Waals surface area contributed by atoms with Gasteiger partial charge in [-0.1, -0.05) is 267 Å². The Labute approximate surface area is 495 Å². The lowest BCUT2D eigenvalue weighted by Gasteiger charge is -2.27. The summed E-state index contributed by atoms with van der Waals surface area (Å²) in [6, 6.07) is -0.860. The highest BCUT2D eigenvalue weighted by Crippen LogP contribution is 2.43. The summed E-state index contributed by atoms with van der Waals surface area (Å²) < 4.78 is 30.8. The van der Waals surface area contributed by atoms with E-state index in [0.29, 0.717) is 17.4 Å². The summed E-state index contributed by atoms with van der Waals surface area (Å²) in [5.74, 6) is -0.518. The summed E-state index contributed by atoms with van der Waals surface area (Å²) in [4.78, 5) is 37.8. The van der Waals surface area contributed by atoms with Crippen LogP contribution in [0.2, 0.25) is 0 Å². The van der Waals surface area contributed by atoms with Crippen molar-refractivity contribution in [2.24, 2.45) is 0 Å². The van der Waals surface area contributed by atoms with Gasteiger partial charge >= 0.3 is 13.8 Å². The average molecular weight is 1140 g/mol. The van der Waals surface area contributed by atoms with E-state index < -0.39 is 20.0 Å². The highest BCUT2D eigenvalue weighted by atomic mass is 31.2. The molecule has 3 atom stereocenters. The summed E-state index contributed by atoms with van der Waals surface area (Å²) in [6.45, 7) is 6.88. The van der Waals surface area contributed by atoms with Crippen LogP contribution in [0.4, 0.5) is 0 Å². The van der Waals surface area contributed by atoms with E-state index in [2.05, 4.69) is 99.0 Å². The van der Waals surface area contributed by atoms with Gasteiger partial charge in [-0.2, -0.15) is 0 Å². The zero-order chi connectivity index (χ0) is 58.6. The first-order valence-corrected chi connectivity index (χ1v) is 34.9. The van der Waals surface area contributed by atoms with E-state index in [1.54, 1.807) is 0 Å². The molecule has 464 valence electrons. The zero-order valence-corrected chi connectivity index (χ0v) is 54.0. The van der Waals surface area contributed by atoms with E-state index in [9.17, 15) is 19.0 Å². The summed E-state index contributed by atoms with van der Waals surface area (Å²) in [5.41, 5.74) is 0. The smallest absolute Gasteiger partial charge is 0.456 e. The molecular weight excluding hydrogens is 1010 g/mol. The second kappa shape index (κ2) is 59.4. The lowest BCUT2D eigenvalue weighted by atomic mass is 10.0. The second-order valence-corrected chi connectivity index (χ2v) is 25.1. The van der Waals surface area contributed by atoms with Crippen molar-refractivity contribution >= 4 is 19.7 Å². The van der Waals surface area contributed by atoms with E-state index in [-0.39, 0.29) is 31.5 Å². The molecule has 0 aliphatic rings. The number of carbonyl (C=O) groups excluding carboxylic acids is 2. The predicted octanol–water partition coefficient (Wildman–Crippen LogP) is 21.0. The molecule has 0 fully saturated rings. The van der Waals surface area contributed by atoms with Gasteiger partial charge in [0.2, 0.25) is 5.91 Å². The van der Waals surface area contributed by atoms with Crippen LogP contribution in [0.15, 0.2) is 85.1 Å². The number of hydrogen-bond donors (Lipinski definition) is 2. The minimum absolute atomic E-state index is 0.0345. The van der Waals surface area contributed by atoms with Gasteiger partial charge in [0.1, 0.15) is 19.3 Å². The third-order valence-corrected chi connectivity index (χ3v) is 15.6. The number of likely N-dealkylation sites (N-methyl/N-ethyl adjacent to an activating group) is 1. The molecule has 0 saturated heterocycles. The summed E-state index contributed by atoms with van der Waals surface area (Å²) >= 11 is 0. The predicted molar refractivity (Wildman–Crippen MR) is 346 cm³/mol. The molecule has 0 spiro atoms. The quantitative estimate of drug-likeness (QED) is 0.0205. The third kappa shape index (κ3) is 59.8. The molecule has 0 radical (unpaired) electrons. The van der Waals surface area contributed by atoms with Crippen molar-refractivity contribution in [1.29, 1.82) is 0 Å². The van der Waals surface area contributed by atoms with Crippen LogP contribution in [-0.2, 0) is 27.9 Å². The normalized spacial score (nSPS) is 14.1. The molecule has 3 unspecified atom stereocenters. The number of hydrogen-bond acceptors (Lipinski definition) is 6. The molecule has 1 amide bonds. The van der Waals surface area contributed by atoms with E-state index in [0.717, 1.165) is 103 Å². The van der Waals surface area contributed by atoms with E-state index >= 15 is 0 Å². The van der Waals surface area contributed by atoms with Crippen LogP contribution in [-0.4, -0.2) is 74.3 Å². The topological polar surface area (TPSA) is 111 Å². The van der Waals surface area contributed by atoms with Crippen molar-refractivity contribution < 1.29 is 37.3 Å². The van der Waals surface area contributed by atoms with E-state index in [4.69, 9.17) is 13.8 Å². The number of nitrogens with zero attached hydrogens (tertiary/aromatic N) is 1. The Morgan fingerprint density at radius 3 is 1.23 bits per heavy atom. The van der Waals surface area contributed by atoms with Gasteiger partial charge in [0.15, 0.2) is 0 Å². The van der Waals surface area contributed by atoms with Crippen molar-refractivity contribution in [1.82, 2.24) is 5.32 Å². The monoisotopic (exact) mass is 1140 g/mol. The average Bonchev–Trinajstić information content (AvgIpc) is 3.42. The molecule has 2 N–H and O–H groups in total. The fraction of sp³-hybridized carbons (Fsp3) is 0.771. The Morgan fingerprint density at radius 2 is 0.800 bits per heavy atom. The fourth-order valence-corrected chi connectivity index (χ4v) is 10.2. The van der Waals surface area contributed by atoms with Gasteiger partial charge in [-0.15, -0.1) is 0 Å². The maximum atomic E-state index is 13.6. The molecule has 0 saturated carbocycles. The third-order valence-electron chi connectivity index (χ3n) is 14.6. The molecule has 0 aromatic rings. The Bertz CT molecular complexity index is 1640. The number of phosphoric acid groups is 1. The molecule has 0 rings (SSSR count). The van der Waals surface area contributed by atoms with Crippen molar-refractivity contribution in [3.8, 4) is 0 Å². The molecular formula is C70H128N2O7P+. The van der Waals surface area contributed by atoms with Gasteiger partial charge in [-0.25, -0.2) is 4.57 Å². The van der Waals surface area contributed by atoms with Gasteiger partial charge in [-0.3, -0.25) is 18.6 Å².